The second-order valence-electron chi connectivity index (χ2n) is 2.28. The minimum absolute atomic E-state index is 0.104. The van der Waals surface area contributed by atoms with Gasteiger partial charge in [0, 0.05) is 0 Å². The van der Waals surface area contributed by atoms with E-state index in [2.05, 4.69) is 27.8 Å². The predicted octanol–water partition coefficient (Wildman–Crippen LogP) is 2.01. The van der Waals surface area contributed by atoms with E-state index in [0.717, 1.165) is 0 Å². The molecular formula is C10H6BrNO. The first-order valence-electron chi connectivity index (χ1n) is 3.56. The first kappa shape index (κ1) is 9.64. The molecule has 0 spiro atoms. The fraction of sp³-hybridized carbons (Fsp3) is 0.100. The van der Waals surface area contributed by atoms with E-state index in [0.29, 0.717) is 16.5 Å². The zero-order chi connectivity index (χ0) is 9.68. The Balaban J connectivity index is 3.13. The molecule has 0 fully saturated rings. The summed E-state index contributed by atoms with van der Waals surface area (Å²) in [6.07, 6.45) is 0. The Hall–Kier alpha value is -1.45. The van der Waals surface area contributed by atoms with E-state index >= 15 is 0 Å². The largest absolute Gasteiger partial charge is 0.507 e. The topological polar surface area (TPSA) is 44.0 Å². The molecule has 13 heavy (non-hydrogen) atoms. The van der Waals surface area contributed by atoms with Crippen molar-refractivity contribution in [2.75, 3.05) is 5.33 Å². The van der Waals surface area contributed by atoms with E-state index in [-0.39, 0.29) is 5.75 Å². The van der Waals surface area contributed by atoms with Crippen LogP contribution in [0.4, 0.5) is 0 Å². The van der Waals surface area contributed by atoms with E-state index in [1.54, 1.807) is 12.1 Å². The molecule has 0 radical (unpaired) electrons. The van der Waals surface area contributed by atoms with Crippen LogP contribution in [0.5, 0.6) is 5.75 Å². The normalized spacial score (nSPS) is 8.31. The van der Waals surface area contributed by atoms with E-state index < -0.39 is 0 Å². The van der Waals surface area contributed by atoms with Crippen molar-refractivity contribution in [3.63, 3.8) is 0 Å². The number of halogens is 1. The van der Waals surface area contributed by atoms with E-state index in [4.69, 9.17) is 5.26 Å². The third-order valence-corrected chi connectivity index (χ3v) is 1.70. The van der Waals surface area contributed by atoms with Crippen LogP contribution >= 0.6 is 15.9 Å². The lowest BCUT2D eigenvalue weighted by Gasteiger charge is -1.95. The van der Waals surface area contributed by atoms with Crippen LogP contribution in [0.25, 0.3) is 0 Å². The Morgan fingerprint density at radius 3 is 2.85 bits per heavy atom. The van der Waals surface area contributed by atoms with Gasteiger partial charge in [0.1, 0.15) is 5.75 Å². The summed E-state index contributed by atoms with van der Waals surface area (Å²) in [5, 5.41) is 18.5. The molecule has 1 N–H and O–H groups in total. The zero-order valence-electron chi connectivity index (χ0n) is 6.71. The van der Waals surface area contributed by atoms with E-state index in [9.17, 15) is 5.11 Å². The van der Waals surface area contributed by atoms with Gasteiger partial charge in [0.25, 0.3) is 0 Å². The van der Waals surface area contributed by atoms with Crippen molar-refractivity contribution in [3.8, 4) is 23.7 Å². The predicted molar refractivity (Wildman–Crippen MR) is 53.5 cm³/mol. The molecule has 0 heterocycles. The van der Waals surface area contributed by atoms with Gasteiger partial charge in [-0.2, -0.15) is 5.26 Å². The lowest BCUT2D eigenvalue weighted by atomic mass is 10.1. The number of phenols is 1. The van der Waals surface area contributed by atoms with Crippen LogP contribution in [0.2, 0.25) is 0 Å². The molecule has 0 bridgehead atoms. The van der Waals surface area contributed by atoms with Crippen molar-refractivity contribution in [1.82, 2.24) is 0 Å². The van der Waals surface area contributed by atoms with Crippen LogP contribution in [0.15, 0.2) is 18.2 Å². The maximum Gasteiger partial charge on any atom is 0.131 e. The van der Waals surface area contributed by atoms with Gasteiger partial charge in [0.15, 0.2) is 0 Å². The Morgan fingerprint density at radius 2 is 2.23 bits per heavy atom. The van der Waals surface area contributed by atoms with Gasteiger partial charge < -0.3 is 5.11 Å². The molecule has 0 aromatic heterocycles. The highest BCUT2D eigenvalue weighted by molar-refractivity contribution is 9.09. The van der Waals surface area contributed by atoms with Crippen LogP contribution < -0.4 is 0 Å². The Kier molecular flexibility index (Phi) is 3.37. The Labute approximate surface area is 84.9 Å². The minimum atomic E-state index is 0.104. The smallest absolute Gasteiger partial charge is 0.131 e. The van der Waals surface area contributed by atoms with Crippen LogP contribution in [0.1, 0.15) is 11.1 Å². The molecule has 1 aromatic carbocycles. The number of nitriles is 1. The van der Waals surface area contributed by atoms with Crippen molar-refractivity contribution in [1.29, 1.82) is 5.26 Å². The molecule has 2 nitrogen and oxygen atoms in total. The molecule has 0 unspecified atom stereocenters. The molecule has 0 aliphatic carbocycles. The lowest BCUT2D eigenvalue weighted by Crippen LogP contribution is -1.80. The second kappa shape index (κ2) is 4.54. The van der Waals surface area contributed by atoms with Gasteiger partial charge in [0.05, 0.1) is 22.5 Å². The molecule has 64 valence electrons. The summed E-state index contributed by atoms with van der Waals surface area (Å²) in [5.74, 6) is 5.60. The number of phenolic OH excluding ortho intramolecular Hbond substituents is 1. The maximum absolute atomic E-state index is 9.33. The van der Waals surface area contributed by atoms with Gasteiger partial charge in [-0.25, -0.2) is 0 Å². The zero-order valence-corrected chi connectivity index (χ0v) is 8.30. The Bertz CT molecular complexity index is 409. The lowest BCUT2D eigenvalue weighted by molar-refractivity contribution is 0.473. The van der Waals surface area contributed by atoms with Crippen molar-refractivity contribution < 1.29 is 5.11 Å². The van der Waals surface area contributed by atoms with Crippen LogP contribution in [0.3, 0.4) is 0 Å². The summed E-state index contributed by atoms with van der Waals surface area (Å²) in [4.78, 5) is 0. The first-order valence-corrected chi connectivity index (χ1v) is 4.68. The van der Waals surface area contributed by atoms with Gasteiger partial charge in [-0.15, -0.1) is 0 Å². The third kappa shape index (κ3) is 2.50. The molecule has 0 saturated heterocycles. The quantitative estimate of drug-likeness (QED) is 0.553. The van der Waals surface area contributed by atoms with Crippen LogP contribution in [-0.4, -0.2) is 10.4 Å². The molecule has 0 amide bonds. The second-order valence-corrected chi connectivity index (χ2v) is 2.84. The average molecular weight is 236 g/mol. The van der Waals surface area contributed by atoms with Gasteiger partial charge in [0.2, 0.25) is 0 Å². The highest BCUT2D eigenvalue weighted by Crippen LogP contribution is 2.16. The minimum Gasteiger partial charge on any atom is -0.507 e. The summed E-state index contributed by atoms with van der Waals surface area (Å²) in [6.45, 7) is 0. The van der Waals surface area contributed by atoms with Crippen molar-refractivity contribution in [2.24, 2.45) is 0 Å². The molecule has 0 saturated carbocycles. The van der Waals surface area contributed by atoms with Gasteiger partial charge in [-0.05, 0) is 18.2 Å². The fourth-order valence-corrected chi connectivity index (χ4v) is 0.975. The molecule has 0 aliphatic heterocycles. The van der Waals surface area contributed by atoms with Crippen molar-refractivity contribution in [2.45, 2.75) is 0 Å². The number of alkyl halides is 1. The summed E-state index contributed by atoms with van der Waals surface area (Å²) < 4.78 is 0. The number of nitrogens with zero attached hydrogens (tertiary/aromatic N) is 1. The van der Waals surface area contributed by atoms with E-state index in [1.807, 2.05) is 6.07 Å². The summed E-state index contributed by atoms with van der Waals surface area (Å²) in [7, 11) is 0. The van der Waals surface area contributed by atoms with Gasteiger partial charge in [-0.1, -0.05) is 27.8 Å². The SMILES string of the molecule is N#Cc1ccc(O)c(C#CCBr)c1. The molecular weight excluding hydrogens is 230 g/mol. The number of aromatic hydroxyl groups is 1. The molecule has 1 rings (SSSR count). The van der Waals surface area contributed by atoms with Gasteiger partial charge >= 0.3 is 0 Å². The summed E-state index contributed by atoms with van der Waals surface area (Å²) in [6, 6.07) is 6.56. The first-order chi connectivity index (χ1) is 6.27. The van der Waals surface area contributed by atoms with Crippen molar-refractivity contribution in [3.05, 3.63) is 29.3 Å². The van der Waals surface area contributed by atoms with E-state index in [1.165, 1.54) is 6.07 Å². The van der Waals surface area contributed by atoms with Crippen LogP contribution in [0, 0.1) is 23.2 Å². The summed E-state index contributed by atoms with van der Waals surface area (Å²) in [5.41, 5.74) is 0.982. The third-order valence-electron chi connectivity index (χ3n) is 1.42. The van der Waals surface area contributed by atoms with Crippen LogP contribution in [-0.2, 0) is 0 Å². The Morgan fingerprint density at radius 1 is 1.46 bits per heavy atom. The molecule has 3 heteroatoms. The number of hydrogen-bond acceptors (Lipinski definition) is 2. The molecule has 1 aromatic rings. The highest BCUT2D eigenvalue weighted by atomic mass is 79.9. The highest BCUT2D eigenvalue weighted by Gasteiger charge is 1.98. The maximum atomic E-state index is 9.33. The fourth-order valence-electron chi connectivity index (χ4n) is 0.834. The molecule has 0 atom stereocenters. The van der Waals surface area contributed by atoms with Crippen molar-refractivity contribution >= 4 is 15.9 Å². The average Bonchev–Trinajstić information content (AvgIpc) is 2.17. The molecule has 0 aliphatic rings. The monoisotopic (exact) mass is 235 g/mol. The van der Waals surface area contributed by atoms with Gasteiger partial charge in [-0.3, -0.25) is 0 Å². The number of benzene rings is 1. The summed E-state index contributed by atoms with van der Waals surface area (Å²) >= 11 is 3.15. The number of rotatable bonds is 0. The standard InChI is InChI=1S/C10H6BrNO/c11-5-1-2-9-6-8(7-12)3-4-10(9)13/h3-4,6,13H,5H2. The number of hydrogen-bond donors (Lipinski definition) is 1.